The number of aromatic nitrogens is 2. The minimum absolute atomic E-state index is 0.0726. The van der Waals surface area contributed by atoms with Gasteiger partial charge in [0.2, 0.25) is 0 Å². The van der Waals surface area contributed by atoms with Gasteiger partial charge in [0, 0.05) is 18.3 Å². The van der Waals surface area contributed by atoms with Crippen molar-refractivity contribution in [3.63, 3.8) is 0 Å². The normalized spacial score (nSPS) is 10.2. The third-order valence-corrected chi connectivity index (χ3v) is 2.96. The molecule has 5 N–H and O–H groups in total. The van der Waals surface area contributed by atoms with Gasteiger partial charge in [-0.1, -0.05) is 12.2 Å². The van der Waals surface area contributed by atoms with Crippen LogP contribution in [0.4, 0.5) is 17.2 Å². The van der Waals surface area contributed by atoms with Gasteiger partial charge < -0.3 is 21.4 Å². The van der Waals surface area contributed by atoms with Crippen molar-refractivity contribution in [3.8, 4) is 0 Å². The number of rotatable bonds is 3. The number of nitrogens with zero attached hydrogens (tertiary/aromatic N) is 2. The lowest BCUT2D eigenvalue weighted by Gasteiger charge is -2.19. The maximum atomic E-state index is 11.4. The molecule has 6 nitrogen and oxygen atoms in total. The van der Waals surface area contributed by atoms with Gasteiger partial charge in [0.05, 0.1) is 6.33 Å². The number of nitrogens with two attached hydrogens (primary N) is 2. The van der Waals surface area contributed by atoms with Crippen molar-refractivity contribution < 1.29 is 0 Å². The van der Waals surface area contributed by atoms with Crippen LogP contribution in [-0.2, 0) is 0 Å². The van der Waals surface area contributed by atoms with Crippen LogP contribution in [0.3, 0.4) is 0 Å². The number of anilines is 3. The lowest BCUT2D eigenvalue weighted by molar-refractivity contribution is 1.06. The average molecular weight is 275 g/mol. The highest BCUT2D eigenvalue weighted by Crippen LogP contribution is 2.24. The molecule has 0 radical (unpaired) electrons. The molecule has 7 heteroatoms. The molecule has 0 fully saturated rings. The highest BCUT2D eigenvalue weighted by Gasteiger charge is 2.11. The Morgan fingerprint density at radius 2 is 2.00 bits per heavy atom. The standard InChI is InChI=1S/C12H13N5OS/c1-17(11-9(13)12(18)16-6-15-11)8-4-2-7(3-5-8)10(14)19/h2-6H,13H2,1H3,(H2,14,19)(H,15,16,18). The summed E-state index contributed by atoms with van der Waals surface area (Å²) in [6.07, 6.45) is 1.31. The predicted octanol–water partition coefficient (Wildman–Crippen LogP) is 0.754. The molecule has 0 aliphatic rings. The third-order valence-electron chi connectivity index (χ3n) is 2.72. The van der Waals surface area contributed by atoms with Crippen LogP contribution in [0, 0.1) is 0 Å². The number of hydrogen-bond acceptors (Lipinski definition) is 5. The third kappa shape index (κ3) is 2.55. The highest BCUT2D eigenvalue weighted by atomic mass is 32.1. The van der Waals surface area contributed by atoms with Crippen molar-refractivity contribution in [1.29, 1.82) is 0 Å². The zero-order chi connectivity index (χ0) is 14.0. The predicted molar refractivity (Wildman–Crippen MR) is 79.7 cm³/mol. The fourth-order valence-electron chi connectivity index (χ4n) is 1.64. The number of aromatic amines is 1. The molecule has 0 unspecified atom stereocenters. The quantitative estimate of drug-likeness (QED) is 0.715. The maximum absolute atomic E-state index is 11.4. The number of thiocarbonyl (C=S) groups is 1. The monoisotopic (exact) mass is 275 g/mol. The van der Waals surface area contributed by atoms with E-state index in [1.807, 2.05) is 12.1 Å². The number of H-pyrrole nitrogens is 1. The Kier molecular flexibility index (Phi) is 3.48. The Bertz CT molecular complexity index is 665. The molecule has 1 aromatic carbocycles. The Hall–Kier alpha value is -2.41. The van der Waals surface area contributed by atoms with Gasteiger partial charge in [-0.2, -0.15) is 0 Å². The second-order valence-corrected chi connectivity index (χ2v) is 4.38. The molecular formula is C12H13N5OS. The average Bonchev–Trinajstić information content (AvgIpc) is 2.41. The van der Waals surface area contributed by atoms with Gasteiger partial charge in [-0.3, -0.25) is 4.79 Å². The van der Waals surface area contributed by atoms with E-state index in [0.717, 1.165) is 11.3 Å². The maximum Gasteiger partial charge on any atom is 0.276 e. The van der Waals surface area contributed by atoms with Crippen LogP contribution >= 0.6 is 12.2 Å². The molecular weight excluding hydrogens is 262 g/mol. The van der Waals surface area contributed by atoms with Gasteiger partial charge in [0.1, 0.15) is 10.7 Å². The van der Waals surface area contributed by atoms with Crippen molar-refractivity contribution >= 4 is 34.4 Å². The number of hydrogen-bond donors (Lipinski definition) is 3. The van der Waals surface area contributed by atoms with Crippen LogP contribution in [0.2, 0.25) is 0 Å². The van der Waals surface area contributed by atoms with E-state index in [0.29, 0.717) is 10.8 Å². The van der Waals surface area contributed by atoms with E-state index in [2.05, 4.69) is 9.97 Å². The van der Waals surface area contributed by atoms with Crippen molar-refractivity contribution in [2.75, 3.05) is 17.7 Å². The Morgan fingerprint density at radius 3 is 2.58 bits per heavy atom. The molecule has 2 rings (SSSR count). The summed E-state index contributed by atoms with van der Waals surface area (Å²) in [4.78, 5) is 20.0. The van der Waals surface area contributed by atoms with E-state index >= 15 is 0 Å². The van der Waals surface area contributed by atoms with Crippen LogP contribution in [0.1, 0.15) is 5.56 Å². The molecule has 2 aromatic rings. The molecule has 0 spiro atoms. The van der Waals surface area contributed by atoms with Gasteiger partial charge in [0.25, 0.3) is 5.56 Å². The molecule has 0 atom stereocenters. The zero-order valence-corrected chi connectivity index (χ0v) is 11.1. The Balaban J connectivity index is 2.38. The molecule has 1 heterocycles. The van der Waals surface area contributed by atoms with Gasteiger partial charge in [-0.05, 0) is 24.3 Å². The summed E-state index contributed by atoms with van der Waals surface area (Å²) in [6, 6.07) is 7.27. The zero-order valence-electron chi connectivity index (χ0n) is 10.3. The summed E-state index contributed by atoms with van der Waals surface area (Å²) in [5, 5.41) is 0. The largest absolute Gasteiger partial charge is 0.391 e. The molecule has 0 aliphatic heterocycles. The van der Waals surface area contributed by atoms with E-state index in [-0.39, 0.29) is 11.2 Å². The van der Waals surface area contributed by atoms with Crippen molar-refractivity contribution in [2.24, 2.45) is 5.73 Å². The van der Waals surface area contributed by atoms with E-state index in [1.54, 1.807) is 24.1 Å². The van der Waals surface area contributed by atoms with Crippen LogP contribution in [-0.4, -0.2) is 22.0 Å². The SMILES string of the molecule is CN(c1ccc(C(N)=S)cc1)c1nc[nH]c(=O)c1N. The first-order valence-corrected chi connectivity index (χ1v) is 5.88. The number of nitrogen functional groups attached to an aromatic ring is 1. The van der Waals surface area contributed by atoms with E-state index in [9.17, 15) is 4.79 Å². The minimum atomic E-state index is -0.364. The highest BCUT2D eigenvalue weighted by molar-refractivity contribution is 7.80. The lowest BCUT2D eigenvalue weighted by atomic mass is 10.2. The topological polar surface area (TPSA) is 101 Å². The molecule has 0 saturated carbocycles. The molecule has 0 saturated heterocycles. The molecule has 98 valence electrons. The second kappa shape index (κ2) is 5.07. The smallest absolute Gasteiger partial charge is 0.276 e. The van der Waals surface area contributed by atoms with Crippen LogP contribution in [0.15, 0.2) is 35.4 Å². The molecule has 0 bridgehead atoms. The minimum Gasteiger partial charge on any atom is -0.391 e. The van der Waals surface area contributed by atoms with Gasteiger partial charge in [0.15, 0.2) is 5.82 Å². The summed E-state index contributed by atoms with van der Waals surface area (Å²) in [5.41, 5.74) is 12.6. The van der Waals surface area contributed by atoms with Crippen molar-refractivity contribution in [3.05, 3.63) is 46.5 Å². The van der Waals surface area contributed by atoms with Gasteiger partial charge in [-0.15, -0.1) is 0 Å². The van der Waals surface area contributed by atoms with Crippen molar-refractivity contribution in [1.82, 2.24) is 9.97 Å². The Morgan fingerprint density at radius 1 is 1.37 bits per heavy atom. The van der Waals surface area contributed by atoms with E-state index in [1.165, 1.54) is 6.33 Å². The molecule has 0 amide bonds. The first-order valence-electron chi connectivity index (χ1n) is 5.47. The molecule has 19 heavy (non-hydrogen) atoms. The fraction of sp³-hybridized carbons (Fsp3) is 0.0833. The number of nitrogens with one attached hydrogen (secondary N) is 1. The molecule has 0 aliphatic carbocycles. The summed E-state index contributed by atoms with van der Waals surface area (Å²) in [5.74, 6) is 0.395. The van der Waals surface area contributed by atoms with Crippen LogP contribution in [0.25, 0.3) is 0 Å². The van der Waals surface area contributed by atoms with Gasteiger partial charge in [-0.25, -0.2) is 4.98 Å². The Labute approximate surface area is 115 Å². The first-order chi connectivity index (χ1) is 9.00. The first kappa shape index (κ1) is 13.0. The fourth-order valence-corrected chi connectivity index (χ4v) is 1.78. The second-order valence-electron chi connectivity index (χ2n) is 3.94. The van der Waals surface area contributed by atoms with Crippen LogP contribution < -0.4 is 21.9 Å². The van der Waals surface area contributed by atoms with E-state index in [4.69, 9.17) is 23.7 Å². The van der Waals surface area contributed by atoms with Gasteiger partial charge >= 0.3 is 0 Å². The summed E-state index contributed by atoms with van der Waals surface area (Å²) in [6.45, 7) is 0. The summed E-state index contributed by atoms with van der Waals surface area (Å²) >= 11 is 4.89. The van der Waals surface area contributed by atoms with Crippen molar-refractivity contribution in [2.45, 2.75) is 0 Å². The summed E-state index contributed by atoms with van der Waals surface area (Å²) < 4.78 is 0. The van der Waals surface area contributed by atoms with E-state index < -0.39 is 0 Å². The number of benzene rings is 1. The summed E-state index contributed by atoms with van der Waals surface area (Å²) in [7, 11) is 1.77. The van der Waals surface area contributed by atoms with Crippen LogP contribution in [0.5, 0.6) is 0 Å². The lowest BCUT2D eigenvalue weighted by Crippen LogP contribution is -2.20. The molecule has 1 aromatic heterocycles.